The maximum atomic E-state index is 6.32. The lowest BCUT2D eigenvalue weighted by Crippen LogP contribution is -2.29. The van der Waals surface area contributed by atoms with Gasteiger partial charge >= 0.3 is 0 Å². The molecule has 0 aromatic heterocycles. The molecule has 1 atom stereocenters. The number of halogens is 2. The van der Waals surface area contributed by atoms with Gasteiger partial charge in [-0.3, -0.25) is 5.84 Å². The zero-order chi connectivity index (χ0) is 15.6. The summed E-state index contributed by atoms with van der Waals surface area (Å²) in [5.41, 5.74) is 6.82. The monoisotopic (exact) mass is 324 g/mol. The average molecular weight is 325 g/mol. The fourth-order valence-electron chi connectivity index (χ4n) is 2.43. The highest BCUT2D eigenvalue weighted by molar-refractivity contribution is 6.42. The van der Waals surface area contributed by atoms with Gasteiger partial charge in [0.1, 0.15) is 5.75 Å². The summed E-state index contributed by atoms with van der Waals surface area (Å²) in [7, 11) is 1.66. The van der Waals surface area contributed by atoms with Crippen LogP contribution in [0.3, 0.4) is 0 Å². The molecule has 3 N–H and O–H groups in total. The first-order chi connectivity index (χ1) is 9.99. The molecule has 2 aromatic carbocycles. The Bertz CT molecular complexity index is 659. The Morgan fingerprint density at radius 1 is 1.10 bits per heavy atom. The number of nitrogens with one attached hydrogen (secondary N) is 1. The van der Waals surface area contributed by atoms with E-state index < -0.39 is 0 Å². The molecule has 0 saturated carbocycles. The van der Waals surface area contributed by atoms with Gasteiger partial charge in [-0.15, -0.1) is 0 Å². The van der Waals surface area contributed by atoms with Crippen LogP contribution in [0, 0.1) is 13.8 Å². The van der Waals surface area contributed by atoms with Gasteiger partial charge in [0, 0.05) is 0 Å². The minimum absolute atomic E-state index is 0.235. The number of hydrogen-bond donors (Lipinski definition) is 2. The van der Waals surface area contributed by atoms with E-state index in [9.17, 15) is 0 Å². The summed E-state index contributed by atoms with van der Waals surface area (Å²) >= 11 is 12.4. The second kappa shape index (κ2) is 6.67. The summed E-state index contributed by atoms with van der Waals surface area (Å²) in [5.74, 6) is 6.61. The zero-order valence-electron chi connectivity index (χ0n) is 12.2. The number of hydrazine groups is 1. The molecule has 1 unspecified atom stereocenters. The third-order valence-corrected chi connectivity index (χ3v) is 4.39. The second-order valence-electron chi connectivity index (χ2n) is 4.92. The van der Waals surface area contributed by atoms with Crippen molar-refractivity contribution in [3.05, 3.63) is 62.6 Å². The predicted molar refractivity (Wildman–Crippen MR) is 88.1 cm³/mol. The smallest absolute Gasteiger partial charge is 0.122 e. The molecular formula is C16H18Cl2N2O. The van der Waals surface area contributed by atoms with E-state index in [1.807, 2.05) is 32.0 Å². The van der Waals surface area contributed by atoms with Gasteiger partial charge in [0.15, 0.2) is 0 Å². The predicted octanol–water partition coefficient (Wildman–Crippen LogP) is 4.17. The lowest BCUT2D eigenvalue weighted by molar-refractivity contribution is 0.411. The SMILES string of the molecule is COc1cc(C)c(C(NN)c2cccc(Cl)c2Cl)cc1C. The normalized spacial score (nSPS) is 12.3. The van der Waals surface area contributed by atoms with Gasteiger partial charge in [-0.25, -0.2) is 5.43 Å². The van der Waals surface area contributed by atoms with Crippen LogP contribution in [0.4, 0.5) is 0 Å². The maximum Gasteiger partial charge on any atom is 0.122 e. The van der Waals surface area contributed by atoms with Crippen molar-refractivity contribution in [3.8, 4) is 5.75 Å². The third kappa shape index (κ3) is 3.16. The molecule has 0 saturated heterocycles. The van der Waals surface area contributed by atoms with E-state index in [0.29, 0.717) is 10.0 Å². The van der Waals surface area contributed by atoms with Crippen molar-refractivity contribution in [2.45, 2.75) is 19.9 Å². The summed E-state index contributed by atoms with van der Waals surface area (Å²) in [4.78, 5) is 0. The highest BCUT2D eigenvalue weighted by Gasteiger charge is 2.20. The first-order valence-corrected chi connectivity index (χ1v) is 7.30. The molecule has 0 spiro atoms. The first-order valence-electron chi connectivity index (χ1n) is 6.54. The van der Waals surface area contributed by atoms with Crippen LogP contribution in [0.5, 0.6) is 5.75 Å². The number of aryl methyl sites for hydroxylation is 2. The first kappa shape index (κ1) is 16.1. The van der Waals surface area contributed by atoms with Crippen molar-refractivity contribution in [2.75, 3.05) is 7.11 Å². The quantitative estimate of drug-likeness (QED) is 0.655. The Hall–Kier alpha value is -1.26. The summed E-state index contributed by atoms with van der Waals surface area (Å²) in [6.45, 7) is 4.01. The van der Waals surface area contributed by atoms with E-state index in [-0.39, 0.29) is 6.04 Å². The van der Waals surface area contributed by atoms with Crippen molar-refractivity contribution >= 4 is 23.2 Å². The van der Waals surface area contributed by atoms with Crippen LogP contribution in [0.15, 0.2) is 30.3 Å². The van der Waals surface area contributed by atoms with Crippen LogP contribution >= 0.6 is 23.2 Å². The third-order valence-electron chi connectivity index (χ3n) is 3.55. The molecule has 2 rings (SSSR count). The van der Waals surface area contributed by atoms with Crippen molar-refractivity contribution in [1.82, 2.24) is 5.43 Å². The zero-order valence-corrected chi connectivity index (χ0v) is 13.7. The summed E-state index contributed by atoms with van der Waals surface area (Å²) < 4.78 is 5.34. The van der Waals surface area contributed by atoms with E-state index in [1.54, 1.807) is 13.2 Å². The second-order valence-corrected chi connectivity index (χ2v) is 5.71. The Balaban J connectivity index is 2.57. The van der Waals surface area contributed by atoms with E-state index >= 15 is 0 Å². The number of benzene rings is 2. The Morgan fingerprint density at radius 2 is 1.81 bits per heavy atom. The topological polar surface area (TPSA) is 47.3 Å². The molecule has 0 amide bonds. The van der Waals surface area contributed by atoms with Gasteiger partial charge in [-0.2, -0.15) is 0 Å². The van der Waals surface area contributed by atoms with Gasteiger partial charge in [0.05, 0.1) is 23.2 Å². The maximum absolute atomic E-state index is 6.32. The Labute approximate surface area is 135 Å². The van der Waals surface area contributed by atoms with E-state index in [0.717, 1.165) is 28.0 Å². The van der Waals surface area contributed by atoms with Crippen molar-refractivity contribution in [2.24, 2.45) is 5.84 Å². The highest BCUT2D eigenvalue weighted by Crippen LogP contribution is 2.35. The molecule has 0 aliphatic carbocycles. The molecule has 5 heteroatoms. The standard InChI is InChI=1S/C16H18Cl2N2O/c1-9-8-14(21-3)10(2)7-12(9)16(20-19)11-5-4-6-13(17)15(11)18/h4-8,16,20H,19H2,1-3H3. The molecule has 0 fully saturated rings. The number of nitrogens with two attached hydrogens (primary N) is 1. The van der Waals surface area contributed by atoms with Crippen LogP contribution in [0.2, 0.25) is 10.0 Å². The van der Waals surface area contributed by atoms with Crippen molar-refractivity contribution in [1.29, 1.82) is 0 Å². The van der Waals surface area contributed by atoms with Gasteiger partial charge in [0.2, 0.25) is 0 Å². The van der Waals surface area contributed by atoms with Crippen LogP contribution in [-0.4, -0.2) is 7.11 Å². The molecule has 112 valence electrons. The van der Waals surface area contributed by atoms with Gasteiger partial charge in [0.25, 0.3) is 0 Å². The number of methoxy groups -OCH3 is 1. The molecule has 3 nitrogen and oxygen atoms in total. The molecule has 0 bridgehead atoms. The van der Waals surface area contributed by atoms with Crippen molar-refractivity contribution in [3.63, 3.8) is 0 Å². The van der Waals surface area contributed by atoms with Crippen LogP contribution in [-0.2, 0) is 0 Å². The van der Waals surface area contributed by atoms with Gasteiger partial charge in [-0.1, -0.05) is 41.4 Å². The number of hydrogen-bond acceptors (Lipinski definition) is 3. The summed E-state index contributed by atoms with van der Waals surface area (Å²) in [6.07, 6.45) is 0. The molecule has 0 aliphatic rings. The Morgan fingerprint density at radius 3 is 2.43 bits per heavy atom. The van der Waals surface area contributed by atoms with Crippen LogP contribution in [0.1, 0.15) is 28.3 Å². The molecule has 0 radical (unpaired) electrons. The van der Waals surface area contributed by atoms with Crippen molar-refractivity contribution < 1.29 is 4.74 Å². The lowest BCUT2D eigenvalue weighted by Gasteiger charge is -2.22. The van der Waals surface area contributed by atoms with Crippen LogP contribution in [0.25, 0.3) is 0 Å². The fourth-order valence-corrected chi connectivity index (χ4v) is 2.85. The average Bonchev–Trinajstić information content (AvgIpc) is 2.47. The van der Waals surface area contributed by atoms with E-state index in [1.165, 1.54) is 0 Å². The Kier molecular flexibility index (Phi) is 5.12. The molecule has 0 heterocycles. The molecular weight excluding hydrogens is 307 g/mol. The minimum atomic E-state index is -0.235. The fraction of sp³-hybridized carbons (Fsp3) is 0.250. The molecule has 2 aromatic rings. The highest BCUT2D eigenvalue weighted by atomic mass is 35.5. The van der Waals surface area contributed by atoms with Gasteiger partial charge in [-0.05, 0) is 48.2 Å². The molecule has 0 aliphatic heterocycles. The largest absolute Gasteiger partial charge is 0.496 e. The summed E-state index contributed by atoms with van der Waals surface area (Å²) in [5, 5.41) is 1.02. The number of ether oxygens (including phenoxy) is 1. The van der Waals surface area contributed by atoms with E-state index in [4.69, 9.17) is 33.8 Å². The lowest BCUT2D eigenvalue weighted by atomic mass is 9.93. The molecule has 21 heavy (non-hydrogen) atoms. The number of rotatable bonds is 4. The van der Waals surface area contributed by atoms with E-state index in [2.05, 4.69) is 11.5 Å². The summed E-state index contributed by atoms with van der Waals surface area (Å²) in [6, 6.07) is 9.34. The minimum Gasteiger partial charge on any atom is -0.496 e. The van der Waals surface area contributed by atoms with Gasteiger partial charge < -0.3 is 4.74 Å². The van der Waals surface area contributed by atoms with Crippen LogP contribution < -0.4 is 16.0 Å².